The normalized spacial score (nSPS) is 10.4. The zero-order chi connectivity index (χ0) is 13.0. The van der Waals surface area contributed by atoms with Crippen molar-refractivity contribution in [2.24, 2.45) is 0 Å². The molecule has 0 saturated carbocycles. The molecule has 3 heteroatoms. The number of nitrogens with one attached hydrogen (secondary N) is 1. The Hall–Kier alpha value is -1.35. The van der Waals surface area contributed by atoms with Gasteiger partial charge in [-0.15, -0.1) is 0 Å². The topological polar surface area (TPSA) is 12.0 Å². The van der Waals surface area contributed by atoms with Gasteiger partial charge < -0.3 is 5.32 Å². The molecule has 1 N–H and O–H groups in total. The molecule has 0 unspecified atom stereocenters. The molecule has 0 amide bonds. The molecule has 18 heavy (non-hydrogen) atoms. The first-order chi connectivity index (χ1) is 8.70. The van der Waals surface area contributed by atoms with Crippen LogP contribution < -0.4 is 5.32 Å². The fourth-order valence-corrected chi connectivity index (χ4v) is 2.23. The van der Waals surface area contributed by atoms with Crippen LogP contribution in [-0.4, -0.2) is 0 Å². The summed E-state index contributed by atoms with van der Waals surface area (Å²) in [6.45, 7) is 2.74. The van der Waals surface area contributed by atoms with Crippen LogP contribution in [0.25, 0.3) is 0 Å². The van der Waals surface area contributed by atoms with Crippen molar-refractivity contribution in [3.8, 4) is 0 Å². The van der Waals surface area contributed by atoms with Crippen LogP contribution in [0, 0.1) is 5.82 Å². The highest BCUT2D eigenvalue weighted by atomic mass is 79.9. The van der Waals surface area contributed by atoms with Crippen LogP contribution in [0.4, 0.5) is 10.1 Å². The predicted molar refractivity (Wildman–Crippen MR) is 77.2 cm³/mol. The van der Waals surface area contributed by atoms with Crippen molar-refractivity contribution >= 4 is 21.6 Å². The van der Waals surface area contributed by atoms with Crippen molar-refractivity contribution in [3.63, 3.8) is 0 Å². The third kappa shape index (κ3) is 3.10. The lowest BCUT2D eigenvalue weighted by molar-refractivity contribution is 0.629. The smallest absolute Gasteiger partial charge is 0.147 e. The zero-order valence-electron chi connectivity index (χ0n) is 10.2. The molecule has 0 fully saturated rings. The highest BCUT2D eigenvalue weighted by Gasteiger charge is 2.05. The first-order valence-corrected chi connectivity index (χ1v) is 6.75. The minimum absolute atomic E-state index is 0.241. The molecule has 0 aliphatic heterocycles. The second kappa shape index (κ2) is 6.01. The third-order valence-corrected chi connectivity index (χ3v) is 3.52. The lowest BCUT2D eigenvalue weighted by atomic mass is 10.1. The standard InChI is InChI=1S/C15H15BrFN/c1-2-11-6-8-12(9-7-11)10-18-15-13(16)4-3-5-14(15)17/h3-9,18H,2,10H2,1H3. The van der Waals surface area contributed by atoms with Crippen LogP contribution >= 0.6 is 15.9 Å². The van der Waals surface area contributed by atoms with Gasteiger partial charge in [0.05, 0.1) is 5.69 Å². The average molecular weight is 308 g/mol. The summed E-state index contributed by atoms with van der Waals surface area (Å²) >= 11 is 3.34. The molecule has 0 aliphatic carbocycles. The van der Waals surface area contributed by atoms with E-state index in [4.69, 9.17) is 0 Å². The summed E-state index contributed by atoms with van der Waals surface area (Å²) in [5.41, 5.74) is 2.96. The monoisotopic (exact) mass is 307 g/mol. The molecule has 0 heterocycles. The van der Waals surface area contributed by atoms with Gasteiger partial charge in [-0.3, -0.25) is 0 Å². The van der Waals surface area contributed by atoms with E-state index in [2.05, 4.69) is 52.4 Å². The summed E-state index contributed by atoms with van der Waals surface area (Å²) in [6.07, 6.45) is 1.03. The van der Waals surface area contributed by atoms with E-state index in [9.17, 15) is 4.39 Å². The Morgan fingerprint density at radius 2 is 1.72 bits per heavy atom. The van der Waals surface area contributed by atoms with Gasteiger partial charge in [0.25, 0.3) is 0 Å². The molecular formula is C15H15BrFN. The molecule has 2 aromatic rings. The lowest BCUT2D eigenvalue weighted by Crippen LogP contribution is -2.02. The Morgan fingerprint density at radius 3 is 2.33 bits per heavy atom. The van der Waals surface area contributed by atoms with Gasteiger partial charge in [0.15, 0.2) is 0 Å². The Labute approximate surface area is 115 Å². The molecule has 2 rings (SSSR count). The molecule has 0 bridgehead atoms. The second-order valence-electron chi connectivity index (χ2n) is 4.12. The van der Waals surface area contributed by atoms with E-state index in [1.807, 2.05) is 6.07 Å². The van der Waals surface area contributed by atoms with Crippen molar-refractivity contribution in [2.75, 3.05) is 5.32 Å². The van der Waals surface area contributed by atoms with Crippen molar-refractivity contribution in [3.05, 3.63) is 63.9 Å². The summed E-state index contributed by atoms with van der Waals surface area (Å²) in [7, 11) is 0. The minimum atomic E-state index is -0.241. The Kier molecular flexibility index (Phi) is 4.37. The van der Waals surface area contributed by atoms with Crippen LogP contribution in [0.2, 0.25) is 0 Å². The highest BCUT2D eigenvalue weighted by Crippen LogP contribution is 2.25. The fraction of sp³-hybridized carbons (Fsp3) is 0.200. The van der Waals surface area contributed by atoms with Crippen LogP contribution in [0.15, 0.2) is 46.9 Å². The van der Waals surface area contributed by atoms with Crippen molar-refractivity contribution in [2.45, 2.75) is 19.9 Å². The van der Waals surface area contributed by atoms with Gasteiger partial charge in [0, 0.05) is 11.0 Å². The fourth-order valence-electron chi connectivity index (χ4n) is 1.75. The molecular weight excluding hydrogens is 293 g/mol. The van der Waals surface area contributed by atoms with E-state index in [0.717, 1.165) is 16.5 Å². The quantitative estimate of drug-likeness (QED) is 0.858. The number of benzene rings is 2. The summed E-state index contributed by atoms with van der Waals surface area (Å²) in [5, 5.41) is 3.11. The first-order valence-electron chi connectivity index (χ1n) is 5.96. The molecule has 0 aliphatic rings. The van der Waals surface area contributed by atoms with Gasteiger partial charge >= 0.3 is 0 Å². The van der Waals surface area contributed by atoms with Gasteiger partial charge in [0.1, 0.15) is 5.82 Å². The van der Waals surface area contributed by atoms with Gasteiger partial charge in [-0.25, -0.2) is 4.39 Å². The van der Waals surface area contributed by atoms with Crippen molar-refractivity contribution in [1.82, 2.24) is 0 Å². The van der Waals surface area contributed by atoms with Crippen molar-refractivity contribution in [1.29, 1.82) is 0 Å². The van der Waals surface area contributed by atoms with Crippen LogP contribution in [0.1, 0.15) is 18.1 Å². The van der Waals surface area contributed by atoms with E-state index in [-0.39, 0.29) is 5.82 Å². The predicted octanol–water partition coefficient (Wildman–Crippen LogP) is 4.76. The molecule has 1 nitrogen and oxygen atoms in total. The number of hydrogen-bond donors (Lipinski definition) is 1. The first kappa shape index (κ1) is 13.1. The molecule has 0 saturated heterocycles. The summed E-state index contributed by atoms with van der Waals surface area (Å²) in [6, 6.07) is 13.3. The Morgan fingerprint density at radius 1 is 1.06 bits per heavy atom. The number of rotatable bonds is 4. The minimum Gasteiger partial charge on any atom is -0.378 e. The summed E-state index contributed by atoms with van der Waals surface area (Å²) < 4.78 is 14.3. The molecule has 0 aromatic heterocycles. The highest BCUT2D eigenvalue weighted by molar-refractivity contribution is 9.10. The van der Waals surface area contributed by atoms with Crippen LogP contribution in [0.3, 0.4) is 0 Å². The molecule has 94 valence electrons. The maximum atomic E-state index is 13.6. The van der Waals surface area contributed by atoms with Crippen LogP contribution in [-0.2, 0) is 13.0 Å². The SMILES string of the molecule is CCc1ccc(CNc2c(F)cccc2Br)cc1. The number of anilines is 1. The average Bonchev–Trinajstić information content (AvgIpc) is 2.39. The van der Waals surface area contributed by atoms with Crippen molar-refractivity contribution < 1.29 is 4.39 Å². The third-order valence-electron chi connectivity index (χ3n) is 2.86. The zero-order valence-corrected chi connectivity index (χ0v) is 11.8. The van der Waals surface area contributed by atoms with E-state index in [1.54, 1.807) is 6.07 Å². The summed E-state index contributed by atoms with van der Waals surface area (Å²) in [5.74, 6) is -0.241. The van der Waals surface area contributed by atoms with E-state index >= 15 is 0 Å². The van der Waals surface area contributed by atoms with E-state index < -0.39 is 0 Å². The Bertz CT molecular complexity index is 502. The molecule has 2 aromatic carbocycles. The molecule has 0 radical (unpaired) electrons. The lowest BCUT2D eigenvalue weighted by Gasteiger charge is -2.10. The number of halogens is 2. The van der Waals surface area contributed by atoms with Gasteiger partial charge in [0.2, 0.25) is 0 Å². The number of aryl methyl sites for hydroxylation is 1. The maximum absolute atomic E-state index is 13.6. The van der Waals surface area contributed by atoms with E-state index in [1.165, 1.54) is 11.6 Å². The number of hydrogen-bond acceptors (Lipinski definition) is 1. The van der Waals surface area contributed by atoms with Gasteiger partial charge in [-0.2, -0.15) is 0 Å². The molecule has 0 spiro atoms. The maximum Gasteiger partial charge on any atom is 0.147 e. The van der Waals surface area contributed by atoms with Gasteiger partial charge in [-0.1, -0.05) is 37.3 Å². The second-order valence-corrected chi connectivity index (χ2v) is 4.97. The largest absolute Gasteiger partial charge is 0.378 e. The van der Waals surface area contributed by atoms with Gasteiger partial charge in [-0.05, 0) is 45.6 Å². The van der Waals surface area contributed by atoms with E-state index in [0.29, 0.717) is 12.2 Å². The molecule has 0 atom stereocenters. The number of para-hydroxylation sites is 1. The summed E-state index contributed by atoms with van der Waals surface area (Å²) in [4.78, 5) is 0. The Balaban J connectivity index is 2.06. The van der Waals surface area contributed by atoms with Crippen LogP contribution in [0.5, 0.6) is 0 Å².